The second-order valence-electron chi connectivity index (χ2n) is 13.5. The highest BCUT2D eigenvalue weighted by Crippen LogP contribution is 2.17. The van der Waals surface area contributed by atoms with Gasteiger partial charge in [0.1, 0.15) is 23.9 Å². The first-order valence-electron chi connectivity index (χ1n) is 17.9. The zero-order valence-corrected chi connectivity index (χ0v) is 30.8. The van der Waals surface area contributed by atoms with Gasteiger partial charge in [0.2, 0.25) is 29.5 Å². The van der Waals surface area contributed by atoms with E-state index in [1.807, 2.05) is 56.3 Å². The molecular weight excluding hydrogens is 666 g/mol. The Morgan fingerprint density at radius 2 is 1.40 bits per heavy atom. The van der Waals surface area contributed by atoms with E-state index in [0.717, 1.165) is 29.3 Å². The van der Waals surface area contributed by atoms with Gasteiger partial charge in [0.25, 0.3) is 0 Å². The average Bonchev–Trinajstić information content (AvgIpc) is 3.09. The van der Waals surface area contributed by atoms with E-state index in [2.05, 4.69) is 31.9 Å². The molecule has 52 heavy (non-hydrogen) atoms. The van der Waals surface area contributed by atoms with Crippen LogP contribution in [0.4, 0.5) is 0 Å². The Bertz CT molecular complexity index is 1530. The van der Waals surface area contributed by atoms with Crippen LogP contribution >= 0.6 is 0 Å². The molecule has 11 N–H and O–H groups in total. The summed E-state index contributed by atoms with van der Waals surface area (Å²) in [5.41, 5.74) is 11.7. The molecule has 0 bridgehead atoms. The topological polar surface area (TPSA) is 250 Å². The number of Topliss-reactive ketones (excluding diaryl/α,β-unsaturated/α-hetero) is 1. The van der Waals surface area contributed by atoms with Gasteiger partial charge in [-0.05, 0) is 68.3 Å². The number of ketones is 1. The maximum Gasteiger partial charge on any atom is 0.243 e. The third-order valence-corrected chi connectivity index (χ3v) is 8.46. The number of benzene rings is 2. The normalized spacial score (nSPS) is 13.3. The molecule has 0 unspecified atom stereocenters. The molecule has 15 heteroatoms. The van der Waals surface area contributed by atoms with Crippen LogP contribution in [0.2, 0.25) is 0 Å². The van der Waals surface area contributed by atoms with Crippen molar-refractivity contribution in [2.45, 2.75) is 103 Å². The Balaban J connectivity index is 2.10. The number of nitrogens with one attached hydrogen (secondary N) is 7. The summed E-state index contributed by atoms with van der Waals surface area (Å²) >= 11 is 0. The standard InChI is InChI=1S/C37H57N9O6/c1-23(2)41-18-8-7-13-29(33(38)49)45-36(52)30(17-14-25(4)47)44-32(48)22-43-35(51)31(46-34(50)24(3)10-9-19-42-37(39)40)21-26-15-16-27-11-5-6-12-28(27)20-26/h5-6,11-12,15-16,20,23-24,29-31,41H,7-10,13-14,17-19,21-22H2,1-4H3,(H2,38,49)(H,43,51)(H,44,48)(H,45,52)(H,46,50)(H4,39,40,42)/t24-,29+,30-,31+/m1/s1. The van der Waals surface area contributed by atoms with Crippen LogP contribution in [0.5, 0.6) is 0 Å². The fourth-order valence-electron chi connectivity index (χ4n) is 5.46. The van der Waals surface area contributed by atoms with Gasteiger partial charge in [0.15, 0.2) is 5.96 Å². The molecule has 15 nitrogen and oxygen atoms in total. The number of fused-ring (bicyclic) bond motifs is 1. The second-order valence-corrected chi connectivity index (χ2v) is 13.5. The van der Waals surface area contributed by atoms with Crippen molar-refractivity contribution in [1.82, 2.24) is 31.9 Å². The van der Waals surface area contributed by atoms with Crippen molar-refractivity contribution < 1.29 is 28.8 Å². The maximum absolute atomic E-state index is 13.5. The summed E-state index contributed by atoms with van der Waals surface area (Å²) in [6, 6.07) is 10.7. The SMILES string of the molecule is CC(=O)CC[C@@H](NC(=O)CNC(=O)[C@H](Cc1ccc2ccccc2c1)NC(=O)[C@H](C)CCCNC(=N)N)C(=O)N[C@@H](CCCCNC(C)C)C(N)=O. The van der Waals surface area contributed by atoms with Crippen molar-refractivity contribution >= 4 is 52.1 Å². The van der Waals surface area contributed by atoms with Crippen molar-refractivity contribution in [3.63, 3.8) is 0 Å². The van der Waals surface area contributed by atoms with Gasteiger partial charge in [-0.1, -0.05) is 63.2 Å². The van der Waals surface area contributed by atoms with Crippen LogP contribution in [-0.2, 0) is 35.2 Å². The quantitative estimate of drug-likeness (QED) is 0.0423. The first-order chi connectivity index (χ1) is 24.7. The van der Waals surface area contributed by atoms with Crippen LogP contribution in [0, 0.1) is 11.3 Å². The first kappa shape index (κ1) is 43.1. The lowest BCUT2D eigenvalue weighted by atomic mass is 9.99. The number of rotatable bonds is 24. The summed E-state index contributed by atoms with van der Waals surface area (Å²) in [5.74, 6) is -3.84. The molecule has 0 aliphatic carbocycles. The Labute approximate surface area is 306 Å². The number of amides is 5. The van der Waals surface area contributed by atoms with Gasteiger partial charge in [0, 0.05) is 31.3 Å². The highest BCUT2D eigenvalue weighted by molar-refractivity contribution is 5.94. The van der Waals surface area contributed by atoms with Crippen molar-refractivity contribution in [2.75, 3.05) is 19.6 Å². The molecule has 0 saturated carbocycles. The van der Waals surface area contributed by atoms with Crippen LogP contribution in [0.3, 0.4) is 0 Å². The van der Waals surface area contributed by atoms with Gasteiger partial charge in [-0.2, -0.15) is 0 Å². The molecule has 0 spiro atoms. The number of carbonyl (C=O) groups excluding carboxylic acids is 6. The summed E-state index contributed by atoms with van der Waals surface area (Å²) in [7, 11) is 0. The molecular formula is C37H57N9O6. The fourth-order valence-corrected chi connectivity index (χ4v) is 5.46. The molecule has 0 aliphatic heterocycles. The molecule has 0 aliphatic rings. The van der Waals surface area contributed by atoms with Gasteiger partial charge < -0.3 is 48.2 Å². The number of unbranched alkanes of at least 4 members (excludes halogenated alkanes) is 1. The van der Waals surface area contributed by atoms with Gasteiger partial charge in [-0.25, -0.2) is 0 Å². The summed E-state index contributed by atoms with van der Waals surface area (Å²) in [6.45, 7) is 7.81. The Morgan fingerprint density at radius 1 is 0.712 bits per heavy atom. The van der Waals surface area contributed by atoms with E-state index in [1.54, 1.807) is 6.92 Å². The van der Waals surface area contributed by atoms with E-state index < -0.39 is 54.2 Å². The van der Waals surface area contributed by atoms with Crippen molar-refractivity contribution in [1.29, 1.82) is 5.41 Å². The summed E-state index contributed by atoms with van der Waals surface area (Å²) < 4.78 is 0. The van der Waals surface area contributed by atoms with Gasteiger partial charge in [-0.15, -0.1) is 0 Å². The maximum atomic E-state index is 13.5. The summed E-state index contributed by atoms with van der Waals surface area (Å²) in [4.78, 5) is 76.9. The van der Waals surface area contributed by atoms with E-state index in [4.69, 9.17) is 16.9 Å². The number of carbonyl (C=O) groups is 6. The summed E-state index contributed by atoms with van der Waals surface area (Å²) in [6.07, 6.45) is 2.87. The first-order valence-corrected chi connectivity index (χ1v) is 17.9. The van der Waals surface area contributed by atoms with E-state index in [1.165, 1.54) is 6.92 Å². The summed E-state index contributed by atoms with van der Waals surface area (Å²) in [5, 5.41) is 25.8. The van der Waals surface area contributed by atoms with Crippen LogP contribution in [0.1, 0.15) is 78.2 Å². The molecule has 0 radical (unpaired) electrons. The Morgan fingerprint density at radius 3 is 2.06 bits per heavy atom. The average molecular weight is 724 g/mol. The van der Waals surface area contributed by atoms with Crippen molar-refractivity contribution in [3.05, 3.63) is 48.0 Å². The van der Waals surface area contributed by atoms with Crippen molar-refractivity contribution in [3.8, 4) is 0 Å². The molecule has 0 saturated heterocycles. The number of nitrogens with two attached hydrogens (primary N) is 2. The monoisotopic (exact) mass is 723 g/mol. The largest absolute Gasteiger partial charge is 0.370 e. The number of guanidine groups is 1. The zero-order valence-electron chi connectivity index (χ0n) is 30.8. The Kier molecular flexibility index (Phi) is 18.8. The molecule has 2 rings (SSSR count). The zero-order chi connectivity index (χ0) is 38.6. The van der Waals surface area contributed by atoms with Crippen molar-refractivity contribution in [2.24, 2.45) is 17.4 Å². The lowest BCUT2D eigenvalue weighted by Crippen LogP contribution is -2.55. The van der Waals surface area contributed by atoms with E-state index in [9.17, 15) is 28.8 Å². The third-order valence-electron chi connectivity index (χ3n) is 8.46. The fraction of sp³-hybridized carbons (Fsp3) is 0.541. The highest BCUT2D eigenvalue weighted by atomic mass is 16.2. The molecule has 0 heterocycles. The lowest BCUT2D eigenvalue weighted by molar-refractivity contribution is -0.133. The molecule has 2 aromatic carbocycles. The number of primary amides is 1. The minimum atomic E-state index is -1.16. The third kappa shape index (κ3) is 16.8. The number of hydrogen-bond acceptors (Lipinski definition) is 8. The highest BCUT2D eigenvalue weighted by Gasteiger charge is 2.28. The van der Waals surface area contributed by atoms with Gasteiger partial charge in [-0.3, -0.25) is 29.4 Å². The molecule has 5 amide bonds. The van der Waals surface area contributed by atoms with Crippen LogP contribution in [0.15, 0.2) is 42.5 Å². The van der Waals surface area contributed by atoms with Crippen LogP contribution < -0.4 is 43.4 Å². The van der Waals surface area contributed by atoms with E-state index in [-0.39, 0.29) is 36.9 Å². The lowest BCUT2D eigenvalue weighted by Gasteiger charge is -2.23. The predicted molar refractivity (Wildman–Crippen MR) is 201 cm³/mol. The number of hydrogen-bond donors (Lipinski definition) is 9. The Hall–Kier alpha value is -5.05. The molecule has 0 aromatic heterocycles. The van der Waals surface area contributed by atoms with Gasteiger partial charge >= 0.3 is 0 Å². The molecule has 2 aromatic rings. The second kappa shape index (κ2) is 22.7. The molecule has 286 valence electrons. The minimum absolute atomic E-state index is 0.00427. The van der Waals surface area contributed by atoms with Crippen LogP contribution in [-0.4, -0.2) is 85.1 Å². The molecule has 4 atom stereocenters. The van der Waals surface area contributed by atoms with Crippen LogP contribution in [0.25, 0.3) is 10.8 Å². The minimum Gasteiger partial charge on any atom is -0.370 e. The van der Waals surface area contributed by atoms with Gasteiger partial charge in [0.05, 0.1) is 6.54 Å². The van der Waals surface area contributed by atoms with E-state index in [0.29, 0.717) is 38.3 Å². The predicted octanol–water partition coefficient (Wildman–Crippen LogP) is 0.875. The molecule has 0 fully saturated rings. The van der Waals surface area contributed by atoms with E-state index >= 15 is 0 Å². The smallest absolute Gasteiger partial charge is 0.243 e.